The van der Waals surface area contributed by atoms with Crippen molar-refractivity contribution in [3.8, 4) is 0 Å². The monoisotopic (exact) mass is 331 g/mol. The molecule has 0 saturated heterocycles. The third-order valence-corrected chi connectivity index (χ3v) is 4.13. The second kappa shape index (κ2) is 6.48. The average molecular weight is 331 g/mol. The second-order valence-corrected chi connectivity index (χ2v) is 6.00. The van der Waals surface area contributed by atoms with E-state index in [0.717, 1.165) is 12.3 Å². The largest absolute Gasteiger partial charge is 0.468 e. The molecule has 24 heavy (non-hydrogen) atoms. The molecule has 0 unspecified atom stereocenters. The molecule has 0 N–H and O–H groups in total. The number of nitrogens with zero attached hydrogens (tertiary/aromatic N) is 5. The van der Waals surface area contributed by atoms with Gasteiger partial charge in [-0.25, -0.2) is 9.78 Å². The van der Waals surface area contributed by atoms with Crippen LogP contribution in [-0.4, -0.2) is 37.2 Å². The average Bonchev–Trinajstić information content (AvgIpc) is 3.18. The Morgan fingerprint density at radius 1 is 1.29 bits per heavy atom. The molecule has 0 aliphatic heterocycles. The summed E-state index contributed by atoms with van der Waals surface area (Å²) >= 11 is 0. The third kappa shape index (κ3) is 2.92. The van der Waals surface area contributed by atoms with Crippen molar-refractivity contribution in [2.75, 3.05) is 13.6 Å². The summed E-state index contributed by atoms with van der Waals surface area (Å²) in [5.74, 6) is 0.891. The highest BCUT2D eigenvalue weighted by molar-refractivity contribution is 5.69. The highest BCUT2D eigenvalue weighted by Crippen LogP contribution is 2.05. The molecule has 0 radical (unpaired) electrons. The highest BCUT2D eigenvalue weighted by atomic mass is 16.3. The van der Waals surface area contributed by atoms with Gasteiger partial charge in [-0.3, -0.25) is 18.8 Å². The fourth-order valence-corrected chi connectivity index (χ4v) is 2.84. The van der Waals surface area contributed by atoms with E-state index in [1.165, 1.54) is 9.13 Å². The van der Waals surface area contributed by atoms with E-state index in [-0.39, 0.29) is 11.2 Å². The SMILES string of the molecule is CN(CCCn1c(=O)c2c(ncn2C)n(C)c1=O)Cc1ccco1. The van der Waals surface area contributed by atoms with Crippen LogP contribution in [0.1, 0.15) is 12.2 Å². The third-order valence-electron chi connectivity index (χ3n) is 4.13. The lowest BCUT2D eigenvalue weighted by molar-refractivity contribution is 0.284. The summed E-state index contributed by atoms with van der Waals surface area (Å²) in [5.41, 5.74) is 0.237. The standard InChI is InChI=1S/C16H21N5O3/c1-18(10-12-6-4-9-24-12)7-5-8-21-15(22)13-14(17-11-19(13)2)20(3)16(21)23/h4,6,9,11H,5,7-8,10H2,1-3H3. The van der Waals surface area contributed by atoms with Crippen molar-refractivity contribution in [3.05, 3.63) is 51.3 Å². The summed E-state index contributed by atoms with van der Waals surface area (Å²) in [6.45, 7) is 1.81. The Kier molecular flexibility index (Phi) is 4.39. The number of hydrogen-bond acceptors (Lipinski definition) is 5. The molecule has 0 spiro atoms. The number of hydrogen-bond donors (Lipinski definition) is 0. The number of fused-ring (bicyclic) bond motifs is 1. The van der Waals surface area contributed by atoms with Gasteiger partial charge in [0, 0.05) is 27.2 Å². The summed E-state index contributed by atoms with van der Waals surface area (Å²) in [6.07, 6.45) is 3.89. The van der Waals surface area contributed by atoms with Gasteiger partial charge in [-0.15, -0.1) is 0 Å². The molecule has 0 aliphatic carbocycles. The van der Waals surface area contributed by atoms with Gasteiger partial charge in [-0.1, -0.05) is 0 Å². The molecule has 3 rings (SSSR count). The Morgan fingerprint density at radius 2 is 2.08 bits per heavy atom. The molecule has 0 aliphatic rings. The molecule has 3 aromatic heterocycles. The Bertz CT molecular complexity index is 949. The summed E-state index contributed by atoms with van der Waals surface area (Å²) in [7, 11) is 5.37. The lowest BCUT2D eigenvalue weighted by Crippen LogP contribution is -2.40. The van der Waals surface area contributed by atoms with Crippen LogP contribution in [0.25, 0.3) is 11.2 Å². The Hall–Kier alpha value is -2.61. The molecule has 0 aromatic carbocycles. The van der Waals surface area contributed by atoms with E-state index in [1.54, 1.807) is 31.3 Å². The van der Waals surface area contributed by atoms with Crippen molar-refractivity contribution in [1.82, 2.24) is 23.6 Å². The van der Waals surface area contributed by atoms with E-state index in [4.69, 9.17) is 4.42 Å². The van der Waals surface area contributed by atoms with Crippen molar-refractivity contribution in [2.45, 2.75) is 19.5 Å². The Labute approximate surface area is 138 Å². The second-order valence-electron chi connectivity index (χ2n) is 6.00. The first-order chi connectivity index (χ1) is 11.5. The van der Waals surface area contributed by atoms with Crippen LogP contribution in [0, 0.1) is 0 Å². The van der Waals surface area contributed by atoms with Gasteiger partial charge >= 0.3 is 5.69 Å². The van der Waals surface area contributed by atoms with E-state index in [2.05, 4.69) is 9.88 Å². The van der Waals surface area contributed by atoms with E-state index < -0.39 is 0 Å². The number of rotatable bonds is 6. The molecular formula is C16H21N5O3. The van der Waals surface area contributed by atoms with Gasteiger partial charge in [0.05, 0.1) is 19.1 Å². The van der Waals surface area contributed by atoms with Crippen LogP contribution in [0.15, 0.2) is 38.7 Å². The summed E-state index contributed by atoms with van der Waals surface area (Å²) in [4.78, 5) is 31.2. The topological polar surface area (TPSA) is 78.2 Å². The zero-order valence-electron chi connectivity index (χ0n) is 14.1. The van der Waals surface area contributed by atoms with Crippen molar-refractivity contribution in [1.29, 1.82) is 0 Å². The predicted octanol–water partition coefficient (Wildman–Crippen LogP) is 0.549. The molecule has 128 valence electrons. The molecule has 0 saturated carbocycles. The molecule has 0 atom stereocenters. The van der Waals surface area contributed by atoms with Crippen LogP contribution in [0.4, 0.5) is 0 Å². The lowest BCUT2D eigenvalue weighted by Gasteiger charge is -2.15. The highest BCUT2D eigenvalue weighted by Gasteiger charge is 2.14. The molecule has 8 nitrogen and oxygen atoms in total. The molecule has 0 fully saturated rings. The van der Waals surface area contributed by atoms with Crippen LogP contribution >= 0.6 is 0 Å². The van der Waals surface area contributed by atoms with Crippen molar-refractivity contribution < 1.29 is 4.42 Å². The minimum absolute atomic E-state index is 0.290. The number of aryl methyl sites for hydroxylation is 2. The molecule has 8 heteroatoms. The fraction of sp³-hybridized carbons (Fsp3) is 0.438. The maximum atomic E-state index is 12.6. The van der Waals surface area contributed by atoms with Crippen molar-refractivity contribution in [2.24, 2.45) is 14.1 Å². The smallest absolute Gasteiger partial charge is 0.332 e. The van der Waals surface area contributed by atoms with Gasteiger partial charge in [0.1, 0.15) is 5.76 Å². The van der Waals surface area contributed by atoms with Crippen LogP contribution in [-0.2, 0) is 27.2 Å². The van der Waals surface area contributed by atoms with E-state index in [9.17, 15) is 9.59 Å². The zero-order chi connectivity index (χ0) is 17.3. The zero-order valence-corrected chi connectivity index (χ0v) is 14.1. The molecule has 3 aromatic rings. The van der Waals surface area contributed by atoms with Gasteiger partial charge in [0.2, 0.25) is 0 Å². The Balaban J connectivity index is 1.74. The van der Waals surface area contributed by atoms with Gasteiger partial charge in [-0.2, -0.15) is 0 Å². The minimum Gasteiger partial charge on any atom is -0.468 e. The van der Waals surface area contributed by atoms with Crippen molar-refractivity contribution >= 4 is 11.2 Å². The minimum atomic E-state index is -0.333. The summed E-state index contributed by atoms with van der Waals surface area (Å²) in [6, 6.07) is 3.78. The molecule has 0 bridgehead atoms. The van der Waals surface area contributed by atoms with Crippen LogP contribution < -0.4 is 11.2 Å². The molecular weight excluding hydrogens is 310 g/mol. The van der Waals surface area contributed by atoms with Crippen LogP contribution in [0.3, 0.4) is 0 Å². The maximum Gasteiger partial charge on any atom is 0.332 e. The summed E-state index contributed by atoms with van der Waals surface area (Å²) in [5, 5.41) is 0. The fourth-order valence-electron chi connectivity index (χ4n) is 2.84. The lowest BCUT2D eigenvalue weighted by atomic mass is 10.3. The predicted molar refractivity (Wildman–Crippen MR) is 89.9 cm³/mol. The normalized spacial score (nSPS) is 11.7. The molecule has 0 amide bonds. The number of furan rings is 1. The van der Waals surface area contributed by atoms with Gasteiger partial charge < -0.3 is 8.98 Å². The van der Waals surface area contributed by atoms with Gasteiger partial charge in [-0.05, 0) is 25.6 Å². The van der Waals surface area contributed by atoms with Crippen LogP contribution in [0.2, 0.25) is 0 Å². The first-order valence-electron chi connectivity index (χ1n) is 7.81. The van der Waals surface area contributed by atoms with E-state index in [0.29, 0.717) is 30.7 Å². The van der Waals surface area contributed by atoms with Crippen LogP contribution in [0.5, 0.6) is 0 Å². The first kappa shape index (κ1) is 16.3. The quantitative estimate of drug-likeness (QED) is 0.659. The molecule has 3 heterocycles. The van der Waals surface area contributed by atoms with Crippen molar-refractivity contribution in [3.63, 3.8) is 0 Å². The Morgan fingerprint density at radius 3 is 2.79 bits per heavy atom. The maximum absolute atomic E-state index is 12.6. The van der Waals surface area contributed by atoms with Gasteiger partial charge in [0.25, 0.3) is 5.56 Å². The van der Waals surface area contributed by atoms with E-state index >= 15 is 0 Å². The number of imidazole rings is 1. The van der Waals surface area contributed by atoms with E-state index in [1.807, 2.05) is 19.2 Å². The first-order valence-corrected chi connectivity index (χ1v) is 7.81. The summed E-state index contributed by atoms with van der Waals surface area (Å²) < 4.78 is 9.67. The van der Waals surface area contributed by atoms with Gasteiger partial charge in [0.15, 0.2) is 11.2 Å². The number of aromatic nitrogens is 4.